The van der Waals surface area contributed by atoms with Gasteiger partial charge in [0.2, 0.25) is 5.56 Å². The summed E-state index contributed by atoms with van der Waals surface area (Å²) in [6.07, 6.45) is 1.36. The van der Waals surface area contributed by atoms with E-state index in [-0.39, 0.29) is 18.2 Å². The summed E-state index contributed by atoms with van der Waals surface area (Å²) in [5.41, 5.74) is -0.210. The van der Waals surface area contributed by atoms with E-state index in [0.29, 0.717) is 0 Å². The van der Waals surface area contributed by atoms with Crippen LogP contribution in [-0.4, -0.2) is 39.5 Å². The van der Waals surface area contributed by atoms with Crippen LogP contribution in [-0.2, 0) is 4.79 Å². The van der Waals surface area contributed by atoms with Crippen LogP contribution < -0.4 is 5.56 Å². The van der Waals surface area contributed by atoms with Gasteiger partial charge >= 0.3 is 5.97 Å². The molecular weight excluding hydrogens is 224 g/mol. The van der Waals surface area contributed by atoms with Crippen LogP contribution in [0.1, 0.15) is 24.2 Å². The first-order valence-electron chi connectivity index (χ1n) is 5.13. The predicted octanol–water partition coefficient (Wildman–Crippen LogP) is 0.310. The molecule has 0 saturated carbocycles. The second-order valence-electron chi connectivity index (χ2n) is 3.86. The fourth-order valence-corrected chi connectivity index (χ4v) is 1.38. The van der Waals surface area contributed by atoms with Crippen molar-refractivity contribution in [3.8, 4) is 0 Å². The Labute approximate surface area is 97.9 Å². The minimum Gasteiger partial charge on any atom is -0.480 e. The summed E-state index contributed by atoms with van der Waals surface area (Å²) in [5.74, 6) is -1.55. The normalized spacial score (nSPS) is 10.3. The molecule has 6 nitrogen and oxygen atoms in total. The molecule has 0 aliphatic rings. The molecule has 0 radical (unpaired) electrons. The first kappa shape index (κ1) is 13.0. The molecule has 0 saturated heterocycles. The van der Waals surface area contributed by atoms with Crippen molar-refractivity contribution in [2.24, 2.45) is 0 Å². The predicted molar refractivity (Wildman–Crippen MR) is 60.9 cm³/mol. The van der Waals surface area contributed by atoms with Crippen molar-refractivity contribution in [3.05, 3.63) is 34.2 Å². The molecule has 0 aliphatic heterocycles. The standard InChI is InChI=1S/C11H14N2O4/c1-7(2)13(6-10(15)16)11(17)8-3-4-12-9(14)5-8/h3-5,7H,6H2,1-2H3,(H,12,14)(H,15,16). The molecule has 0 bridgehead atoms. The van der Waals surface area contributed by atoms with Crippen molar-refractivity contribution in [2.45, 2.75) is 19.9 Å². The molecule has 92 valence electrons. The summed E-state index contributed by atoms with van der Waals surface area (Å²) in [7, 11) is 0. The van der Waals surface area contributed by atoms with Gasteiger partial charge in [-0.15, -0.1) is 0 Å². The maximum atomic E-state index is 12.0. The number of nitrogens with zero attached hydrogens (tertiary/aromatic N) is 1. The Kier molecular flexibility index (Phi) is 4.03. The Morgan fingerprint density at radius 3 is 2.59 bits per heavy atom. The van der Waals surface area contributed by atoms with E-state index in [9.17, 15) is 14.4 Å². The van der Waals surface area contributed by atoms with Gasteiger partial charge in [-0.1, -0.05) is 0 Å². The summed E-state index contributed by atoms with van der Waals surface area (Å²) >= 11 is 0. The molecule has 1 aromatic heterocycles. The zero-order valence-electron chi connectivity index (χ0n) is 9.64. The number of rotatable bonds is 4. The highest BCUT2D eigenvalue weighted by atomic mass is 16.4. The number of aromatic amines is 1. The number of aromatic nitrogens is 1. The minimum absolute atomic E-state index is 0.184. The summed E-state index contributed by atoms with van der Waals surface area (Å²) in [6, 6.07) is 2.35. The topological polar surface area (TPSA) is 90.5 Å². The summed E-state index contributed by atoms with van der Waals surface area (Å²) in [6.45, 7) is 3.05. The molecule has 6 heteroatoms. The van der Waals surface area contributed by atoms with E-state index in [0.717, 1.165) is 6.07 Å². The van der Waals surface area contributed by atoms with Crippen molar-refractivity contribution >= 4 is 11.9 Å². The van der Waals surface area contributed by atoms with Gasteiger partial charge < -0.3 is 15.0 Å². The van der Waals surface area contributed by atoms with Gasteiger partial charge in [-0.2, -0.15) is 0 Å². The number of amides is 1. The second-order valence-corrected chi connectivity index (χ2v) is 3.86. The van der Waals surface area contributed by atoms with Crippen LogP contribution in [0.25, 0.3) is 0 Å². The molecule has 0 fully saturated rings. The number of carbonyl (C=O) groups excluding carboxylic acids is 1. The number of carbonyl (C=O) groups is 2. The molecular formula is C11H14N2O4. The first-order valence-corrected chi connectivity index (χ1v) is 5.13. The van der Waals surface area contributed by atoms with E-state index < -0.39 is 17.4 Å². The van der Waals surface area contributed by atoms with Crippen LogP contribution in [0.3, 0.4) is 0 Å². The molecule has 1 heterocycles. The lowest BCUT2D eigenvalue weighted by Crippen LogP contribution is -2.40. The Morgan fingerprint density at radius 2 is 2.12 bits per heavy atom. The highest BCUT2D eigenvalue weighted by Crippen LogP contribution is 2.06. The maximum Gasteiger partial charge on any atom is 0.323 e. The van der Waals surface area contributed by atoms with E-state index in [2.05, 4.69) is 4.98 Å². The largest absolute Gasteiger partial charge is 0.480 e. The number of carboxylic acid groups (broad SMARTS) is 1. The van der Waals surface area contributed by atoms with Crippen LogP contribution in [0, 0.1) is 0 Å². The fourth-order valence-electron chi connectivity index (χ4n) is 1.38. The zero-order valence-corrected chi connectivity index (χ0v) is 9.64. The van der Waals surface area contributed by atoms with Gasteiger partial charge in [-0.25, -0.2) is 0 Å². The maximum absolute atomic E-state index is 12.0. The summed E-state index contributed by atoms with van der Waals surface area (Å²) in [4.78, 5) is 37.3. The summed E-state index contributed by atoms with van der Waals surface area (Å²) < 4.78 is 0. The van der Waals surface area contributed by atoms with Gasteiger partial charge in [-0.05, 0) is 19.9 Å². The average molecular weight is 238 g/mol. The number of pyridine rings is 1. The molecule has 0 spiro atoms. The van der Waals surface area contributed by atoms with Gasteiger partial charge in [0.1, 0.15) is 6.54 Å². The monoisotopic (exact) mass is 238 g/mol. The molecule has 2 N–H and O–H groups in total. The van der Waals surface area contributed by atoms with Crippen molar-refractivity contribution in [1.29, 1.82) is 0 Å². The van der Waals surface area contributed by atoms with Crippen LogP contribution in [0.2, 0.25) is 0 Å². The van der Waals surface area contributed by atoms with Gasteiger partial charge in [0.15, 0.2) is 0 Å². The van der Waals surface area contributed by atoms with Crippen LogP contribution >= 0.6 is 0 Å². The van der Waals surface area contributed by atoms with E-state index in [1.165, 1.54) is 17.2 Å². The van der Waals surface area contributed by atoms with Crippen molar-refractivity contribution in [3.63, 3.8) is 0 Å². The number of H-pyrrole nitrogens is 1. The van der Waals surface area contributed by atoms with Gasteiger partial charge in [-0.3, -0.25) is 14.4 Å². The number of carboxylic acids is 1. The molecule has 0 atom stereocenters. The Bertz CT molecular complexity index is 478. The summed E-state index contributed by atoms with van der Waals surface area (Å²) in [5, 5.41) is 8.72. The SMILES string of the molecule is CC(C)N(CC(=O)O)C(=O)c1cc[nH]c(=O)c1. The number of nitrogens with one attached hydrogen (secondary N) is 1. The smallest absolute Gasteiger partial charge is 0.323 e. The average Bonchev–Trinajstić information content (AvgIpc) is 2.24. The van der Waals surface area contributed by atoms with E-state index >= 15 is 0 Å². The van der Waals surface area contributed by atoms with Crippen LogP contribution in [0.4, 0.5) is 0 Å². The third kappa shape index (κ3) is 3.44. The fraction of sp³-hybridized carbons (Fsp3) is 0.364. The molecule has 0 aromatic carbocycles. The lowest BCUT2D eigenvalue weighted by Gasteiger charge is -2.24. The molecule has 1 amide bonds. The van der Waals surface area contributed by atoms with E-state index in [1.807, 2.05) is 0 Å². The van der Waals surface area contributed by atoms with Crippen LogP contribution in [0.5, 0.6) is 0 Å². The van der Waals surface area contributed by atoms with Crippen LogP contribution in [0.15, 0.2) is 23.1 Å². The lowest BCUT2D eigenvalue weighted by atomic mass is 10.2. The number of hydrogen-bond acceptors (Lipinski definition) is 3. The third-order valence-corrected chi connectivity index (χ3v) is 2.21. The molecule has 17 heavy (non-hydrogen) atoms. The first-order chi connectivity index (χ1) is 7.91. The molecule has 1 aromatic rings. The zero-order chi connectivity index (χ0) is 13.0. The minimum atomic E-state index is -1.09. The van der Waals surface area contributed by atoms with Gasteiger partial charge in [0.05, 0.1) is 0 Å². The lowest BCUT2D eigenvalue weighted by molar-refractivity contribution is -0.138. The molecule has 0 aliphatic carbocycles. The Hall–Kier alpha value is -2.11. The third-order valence-electron chi connectivity index (χ3n) is 2.21. The second kappa shape index (κ2) is 5.29. The number of hydrogen-bond donors (Lipinski definition) is 2. The highest BCUT2D eigenvalue weighted by Gasteiger charge is 2.21. The van der Waals surface area contributed by atoms with Crippen molar-refractivity contribution < 1.29 is 14.7 Å². The Morgan fingerprint density at radius 1 is 1.47 bits per heavy atom. The Balaban J connectivity index is 2.99. The van der Waals surface area contributed by atoms with Crippen molar-refractivity contribution in [1.82, 2.24) is 9.88 Å². The molecule has 1 rings (SSSR count). The van der Waals surface area contributed by atoms with E-state index in [1.54, 1.807) is 13.8 Å². The number of aliphatic carboxylic acids is 1. The molecule has 0 unspecified atom stereocenters. The van der Waals surface area contributed by atoms with E-state index in [4.69, 9.17) is 5.11 Å². The highest BCUT2D eigenvalue weighted by molar-refractivity contribution is 5.95. The van der Waals surface area contributed by atoms with Gasteiger partial charge in [0.25, 0.3) is 5.91 Å². The van der Waals surface area contributed by atoms with Gasteiger partial charge in [0, 0.05) is 23.9 Å². The van der Waals surface area contributed by atoms with Crippen molar-refractivity contribution in [2.75, 3.05) is 6.54 Å². The quantitative estimate of drug-likeness (QED) is 0.789.